The Kier molecular flexibility index (Phi) is 6.16. The first-order valence-corrected chi connectivity index (χ1v) is 10.2. The standard InChI is InChI=1S/C22H20Cl2N6/c1-14-2-6-19(29-13-14)25-8-9-26-20-7-5-17(22-27-10-11-28-22)21(30-20)16-4-3-15(23)12-18(16)24/h2-7,10-13H,8-9H2,1H3,(H,25,29)(H,26,30)(H,27,28). The van der Waals surface area contributed by atoms with Crippen LogP contribution < -0.4 is 10.6 Å². The Morgan fingerprint density at radius 1 is 0.900 bits per heavy atom. The van der Waals surface area contributed by atoms with E-state index < -0.39 is 0 Å². The summed E-state index contributed by atoms with van der Waals surface area (Å²) >= 11 is 12.5. The van der Waals surface area contributed by atoms with Crippen molar-refractivity contribution in [3.8, 4) is 22.6 Å². The van der Waals surface area contributed by atoms with Crippen molar-refractivity contribution >= 4 is 34.8 Å². The number of nitrogens with zero attached hydrogens (tertiary/aromatic N) is 3. The number of hydrogen-bond acceptors (Lipinski definition) is 5. The number of halogens is 2. The molecule has 4 aromatic rings. The van der Waals surface area contributed by atoms with E-state index in [0.29, 0.717) is 23.1 Å². The first-order chi connectivity index (χ1) is 14.6. The second kappa shape index (κ2) is 9.15. The highest BCUT2D eigenvalue weighted by Gasteiger charge is 2.15. The molecule has 0 aliphatic rings. The summed E-state index contributed by atoms with van der Waals surface area (Å²) in [6, 6.07) is 13.3. The highest BCUT2D eigenvalue weighted by atomic mass is 35.5. The molecule has 0 aliphatic carbocycles. The monoisotopic (exact) mass is 438 g/mol. The molecule has 0 amide bonds. The quantitative estimate of drug-likeness (QED) is 0.323. The number of aromatic amines is 1. The van der Waals surface area contributed by atoms with Gasteiger partial charge in [-0.2, -0.15) is 0 Å². The van der Waals surface area contributed by atoms with E-state index in [0.717, 1.165) is 39.8 Å². The van der Waals surface area contributed by atoms with Gasteiger partial charge in [0.1, 0.15) is 17.5 Å². The molecule has 6 nitrogen and oxygen atoms in total. The van der Waals surface area contributed by atoms with Crippen molar-refractivity contribution in [2.75, 3.05) is 23.7 Å². The second-order valence-corrected chi connectivity index (χ2v) is 7.57. The lowest BCUT2D eigenvalue weighted by atomic mass is 10.0. The number of rotatable bonds is 7. The van der Waals surface area contributed by atoms with Crippen LogP contribution in [-0.2, 0) is 0 Å². The number of hydrogen-bond donors (Lipinski definition) is 3. The molecule has 8 heteroatoms. The molecule has 152 valence electrons. The molecule has 0 unspecified atom stereocenters. The van der Waals surface area contributed by atoms with Gasteiger partial charge in [0.05, 0.1) is 10.7 Å². The third kappa shape index (κ3) is 4.72. The fourth-order valence-corrected chi connectivity index (χ4v) is 3.50. The van der Waals surface area contributed by atoms with Crippen molar-refractivity contribution in [2.24, 2.45) is 0 Å². The van der Waals surface area contributed by atoms with E-state index in [1.165, 1.54) is 0 Å². The molecule has 3 aromatic heterocycles. The number of imidazole rings is 1. The number of pyridine rings is 2. The molecule has 3 N–H and O–H groups in total. The van der Waals surface area contributed by atoms with Gasteiger partial charge in [0, 0.05) is 47.8 Å². The summed E-state index contributed by atoms with van der Waals surface area (Å²) in [5, 5.41) is 7.74. The molecule has 30 heavy (non-hydrogen) atoms. The van der Waals surface area contributed by atoms with Gasteiger partial charge in [-0.1, -0.05) is 29.3 Å². The number of aromatic nitrogens is 4. The van der Waals surface area contributed by atoms with Crippen molar-refractivity contribution in [1.82, 2.24) is 19.9 Å². The summed E-state index contributed by atoms with van der Waals surface area (Å²) in [6.45, 7) is 3.39. The van der Waals surface area contributed by atoms with Gasteiger partial charge in [0.25, 0.3) is 0 Å². The molecule has 0 bridgehead atoms. The van der Waals surface area contributed by atoms with Gasteiger partial charge in [-0.3, -0.25) is 0 Å². The van der Waals surface area contributed by atoms with Crippen LogP contribution in [0.2, 0.25) is 10.0 Å². The zero-order valence-electron chi connectivity index (χ0n) is 16.3. The maximum Gasteiger partial charge on any atom is 0.139 e. The van der Waals surface area contributed by atoms with Crippen LogP contribution in [-0.4, -0.2) is 33.0 Å². The summed E-state index contributed by atoms with van der Waals surface area (Å²) in [5.74, 6) is 2.31. The Morgan fingerprint density at radius 2 is 1.67 bits per heavy atom. The maximum absolute atomic E-state index is 6.46. The maximum atomic E-state index is 6.46. The molecule has 1 aromatic carbocycles. The molecular formula is C22H20Cl2N6. The number of H-pyrrole nitrogens is 1. The Labute approximate surface area is 184 Å². The fourth-order valence-electron chi connectivity index (χ4n) is 3.00. The minimum Gasteiger partial charge on any atom is -0.368 e. The smallest absolute Gasteiger partial charge is 0.139 e. The van der Waals surface area contributed by atoms with Gasteiger partial charge < -0.3 is 15.6 Å². The fraction of sp³-hybridized carbons (Fsp3) is 0.136. The van der Waals surface area contributed by atoms with Crippen molar-refractivity contribution in [3.63, 3.8) is 0 Å². The average molecular weight is 439 g/mol. The summed E-state index contributed by atoms with van der Waals surface area (Å²) in [7, 11) is 0. The van der Waals surface area contributed by atoms with Crippen LogP contribution in [0.4, 0.5) is 11.6 Å². The average Bonchev–Trinajstić information content (AvgIpc) is 3.27. The van der Waals surface area contributed by atoms with Crippen LogP contribution in [0.3, 0.4) is 0 Å². The largest absolute Gasteiger partial charge is 0.368 e. The second-order valence-electron chi connectivity index (χ2n) is 6.73. The van der Waals surface area contributed by atoms with Crippen molar-refractivity contribution in [2.45, 2.75) is 6.92 Å². The third-order valence-electron chi connectivity index (χ3n) is 4.48. The molecule has 0 saturated carbocycles. The van der Waals surface area contributed by atoms with E-state index in [1.54, 1.807) is 24.5 Å². The highest BCUT2D eigenvalue weighted by molar-refractivity contribution is 6.36. The lowest BCUT2D eigenvalue weighted by Gasteiger charge is -2.13. The Morgan fingerprint density at radius 3 is 2.37 bits per heavy atom. The molecule has 0 radical (unpaired) electrons. The zero-order valence-corrected chi connectivity index (χ0v) is 17.8. The van der Waals surface area contributed by atoms with Crippen LogP contribution in [0.5, 0.6) is 0 Å². The molecular weight excluding hydrogens is 419 g/mol. The molecule has 0 fully saturated rings. The van der Waals surface area contributed by atoms with Crippen LogP contribution in [0, 0.1) is 6.92 Å². The van der Waals surface area contributed by atoms with Gasteiger partial charge in [0.15, 0.2) is 0 Å². The molecule has 0 aliphatic heterocycles. The molecule has 0 spiro atoms. The predicted molar refractivity (Wildman–Crippen MR) is 123 cm³/mol. The summed E-state index contributed by atoms with van der Waals surface area (Å²) in [6.07, 6.45) is 5.33. The Bertz CT molecular complexity index is 1130. The number of anilines is 2. The van der Waals surface area contributed by atoms with Crippen molar-refractivity contribution < 1.29 is 0 Å². The lowest BCUT2D eigenvalue weighted by molar-refractivity contribution is 1.04. The molecule has 0 saturated heterocycles. The first-order valence-electron chi connectivity index (χ1n) is 9.47. The number of benzene rings is 1. The molecule has 0 atom stereocenters. The van der Waals surface area contributed by atoms with Gasteiger partial charge in [-0.15, -0.1) is 0 Å². The van der Waals surface area contributed by atoms with Gasteiger partial charge in [-0.05, 0) is 48.9 Å². The summed E-state index contributed by atoms with van der Waals surface area (Å²) < 4.78 is 0. The topological polar surface area (TPSA) is 78.5 Å². The number of nitrogens with one attached hydrogen (secondary N) is 3. The van der Waals surface area contributed by atoms with E-state index in [1.807, 2.05) is 43.5 Å². The highest BCUT2D eigenvalue weighted by Crippen LogP contribution is 2.35. The van der Waals surface area contributed by atoms with Crippen LogP contribution in [0.1, 0.15) is 5.56 Å². The van der Waals surface area contributed by atoms with E-state index in [-0.39, 0.29) is 0 Å². The van der Waals surface area contributed by atoms with Crippen LogP contribution in [0.25, 0.3) is 22.6 Å². The van der Waals surface area contributed by atoms with Crippen molar-refractivity contribution in [1.29, 1.82) is 0 Å². The van der Waals surface area contributed by atoms with Crippen LogP contribution in [0.15, 0.2) is 61.1 Å². The molecule has 4 rings (SSSR count). The van der Waals surface area contributed by atoms with Gasteiger partial charge in [0.2, 0.25) is 0 Å². The summed E-state index contributed by atoms with van der Waals surface area (Å²) in [5.41, 5.74) is 3.51. The first kappa shape index (κ1) is 20.2. The summed E-state index contributed by atoms with van der Waals surface area (Å²) in [4.78, 5) is 16.6. The zero-order chi connectivity index (χ0) is 20.9. The van der Waals surface area contributed by atoms with Crippen molar-refractivity contribution in [3.05, 3.63) is 76.7 Å². The SMILES string of the molecule is Cc1ccc(NCCNc2ccc(-c3ncc[nH]3)c(-c3ccc(Cl)cc3Cl)n2)nc1. The van der Waals surface area contributed by atoms with E-state index in [4.69, 9.17) is 28.2 Å². The van der Waals surface area contributed by atoms with E-state index >= 15 is 0 Å². The Hall–Kier alpha value is -3.09. The minimum absolute atomic E-state index is 0.534. The minimum atomic E-state index is 0.534. The van der Waals surface area contributed by atoms with E-state index in [9.17, 15) is 0 Å². The van der Waals surface area contributed by atoms with Gasteiger partial charge >= 0.3 is 0 Å². The lowest BCUT2D eigenvalue weighted by Crippen LogP contribution is -2.15. The third-order valence-corrected chi connectivity index (χ3v) is 5.03. The number of aryl methyl sites for hydroxylation is 1. The predicted octanol–water partition coefficient (Wildman–Crippen LogP) is 5.67. The van der Waals surface area contributed by atoms with Gasteiger partial charge in [-0.25, -0.2) is 15.0 Å². The van der Waals surface area contributed by atoms with E-state index in [2.05, 4.69) is 25.6 Å². The Balaban J connectivity index is 1.53. The normalized spacial score (nSPS) is 10.8. The van der Waals surface area contributed by atoms with Crippen LogP contribution >= 0.6 is 23.2 Å². The molecule has 3 heterocycles.